The lowest BCUT2D eigenvalue weighted by molar-refractivity contribution is -0.389. The molecule has 0 saturated heterocycles. The lowest BCUT2D eigenvalue weighted by Crippen LogP contribution is -2.20. The van der Waals surface area contributed by atoms with Gasteiger partial charge in [-0.25, -0.2) is 0 Å². The first kappa shape index (κ1) is 18.1. The molecule has 0 bridgehead atoms. The number of rotatable bonds is 6. The summed E-state index contributed by atoms with van der Waals surface area (Å²) >= 11 is 0. The van der Waals surface area contributed by atoms with Gasteiger partial charge in [0.2, 0.25) is 11.7 Å². The maximum Gasteiger partial charge on any atom is 0.390 e. The molecule has 146 valence electrons. The van der Waals surface area contributed by atoms with Crippen molar-refractivity contribution in [1.29, 1.82) is 0 Å². The van der Waals surface area contributed by atoms with Gasteiger partial charge in [-0.3, -0.25) is 4.79 Å². The van der Waals surface area contributed by atoms with Crippen molar-refractivity contribution in [3.05, 3.63) is 64.5 Å². The highest BCUT2D eigenvalue weighted by molar-refractivity contribution is 5.90. The second-order valence-corrected chi connectivity index (χ2v) is 6.08. The Labute approximate surface area is 163 Å². The molecule has 0 unspecified atom stereocenters. The fourth-order valence-electron chi connectivity index (χ4n) is 2.62. The fourth-order valence-corrected chi connectivity index (χ4v) is 2.62. The number of hydrogen-bond acceptors (Lipinski definition) is 8. The molecule has 4 aromatic rings. The molecule has 0 radical (unpaired) electrons. The van der Waals surface area contributed by atoms with Crippen LogP contribution in [0.25, 0.3) is 23.0 Å². The Bertz CT molecular complexity index is 1160. The minimum Gasteiger partial charge on any atom is -0.459 e. The van der Waals surface area contributed by atoms with Gasteiger partial charge in [0, 0.05) is 11.3 Å². The largest absolute Gasteiger partial charge is 0.459 e. The molecular weight excluding hydrogens is 380 g/mol. The molecule has 0 aliphatic carbocycles. The third-order valence-electron chi connectivity index (χ3n) is 4.03. The van der Waals surface area contributed by atoms with Gasteiger partial charge >= 0.3 is 5.82 Å². The van der Waals surface area contributed by atoms with E-state index in [-0.39, 0.29) is 24.2 Å². The summed E-state index contributed by atoms with van der Waals surface area (Å²) in [5, 5.41) is 21.2. The average molecular weight is 394 g/mol. The number of nitrogens with zero attached hydrogens (tertiary/aromatic N) is 5. The van der Waals surface area contributed by atoms with Gasteiger partial charge in [0.05, 0.1) is 23.1 Å². The standard InChI is InChI=1S/C18H14N6O5/c1-11-9-15(24(26)27)21-23(11)10-16(25)19-13-6-4-12(5-7-13)17-20-18(29-22-17)14-3-2-8-28-14/h2-9H,10H2,1H3,(H,19,25). The molecule has 29 heavy (non-hydrogen) atoms. The summed E-state index contributed by atoms with van der Waals surface area (Å²) in [5.41, 5.74) is 1.77. The minimum atomic E-state index is -0.602. The van der Waals surface area contributed by atoms with Crippen molar-refractivity contribution < 1.29 is 18.7 Å². The van der Waals surface area contributed by atoms with E-state index in [1.54, 1.807) is 43.3 Å². The van der Waals surface area contributed by atoms with Crippen LogP contribution in [0.3, 0.4) is 0 Å². The number of aromatic nitrogens is 4. The SMILES string of the molecule is Cc1cc([N+](=O)[O-])nn1CC(=O)Nc1ccc(-c2noc(-c3ccco3)n2)cc1. The van der Waals surface area contributed by atoms with E-state index in [1.165, 1.54) is 17.0 Å². The van der Waals surface area contributed by atoms with E-state index in [1.807, 2.05) is 0 Å². The molecule has 3 heterocycles. The number of amides is 1. The number of carbonyl (C=O) groups is 1. The Morgan fingerprint density at radius 2 is 2.07 bits per heavy atom. The van der Waals surface area contributed by atoms with Gasteiger partial charge in [-0.1, -0.05) is 5.16 Å². The van der Waals surface area contributed by atoms with Crippen LogP contribution in [-0.4, -0.2) is 30.8 Å². The molecule has 1 amide bonds. The summed E-state index contributed by atoms with van der Waals surface area (Å²) in [6.45, 7) is 1.50. The number of benzene rings is 1. The molecule has 0 saturated carbocycles. The Kier molecular flexibility index (Phi) is 4.61. The molecule has 0 spiro atoms. The lowest BCUT2D eigenvalue weighted by atomic mass is 10.2. The molecule has 0 atom stereocenters. The second kappa shape index (κ2) is 7.38. The summed E-state index contributed by atoms with van der Waals surface area (Å²) in [6.07, 6.45) is 1.51. The van der Waals surface area contributed by atoms with Crippen LogP contribution in [0.5, 0.6) is 0 Å². The predicted octanol–water partition coefficient (Wildman–Crippen LogP) is 3.05. The summed E-state index contributed by atoms with van der Waals surface area (Å²) in [4.78, 5) is 26.6. The third kappa shape index (κ3) is 3.88. The van der Waals surface area contributed by atoms with Crippen LogP contribution in [0.2, 0.25) is 0 Å². The topological polar surface area (TPSA) is 142 Å². The highest BCUT2D eigenvalue weighted by Gasteiger charge is 2.18. The Morgan fingerprint density at radius 1 is 1.28 bits per heavy atom. The van der Waals surface area contributed by atoms with Gasteiger partial charge in [-0.2, -0.15) is 9.67 Å². The normalized spacial score (nSPS) is 10.8. The van der Waals surface area contributed by atoms with Crippen LogP contribution < -0.4 is 5.32 Å². The first-order valence-electron chi connectivity index (χ1n) is 8.46. The van der Waals surface area contributed by atoms with Crippen LogP contribution in [0.4, 0.5) is 11.5 Å². The van der Waals surface area contributed by atoms with Crippen LogP contribution in [0, 0.1) is 17.0 Å². The summed E-state index contributed by atoms with van der Waals surface area (Å²) in [5.74, 6) is 0.466. The molecule has 11 heteroatoms. The fraction of sp³-hybridized carbons (Fsp3) is 0.111. The number of aryl methyl sites for hydroxylation is 1. The summed E-state index contributed by atoms with van der Waals surface area (Å²) in [6, 6.07) is 11.6. The van der Waals surface area contributed by atoms with Crippen LogP contribution in [0.1, 0.15) is 5.69 Å². The number of anilines is 1. The van der Waals surface area contributed by atoms with Crippen LogP contribution in [-0.2, 0) is 11.3 Å². The van der Waals surface area contributed by atoms with Crippen LogP contribution in [0.15, 0.2) is 57.7 Å². The molecule has 0 fully saturated rings. The lowest BCUT2D eigenvalue weighted by Gasteiger charge is -2.05. The van der Waals surface area contributed by atoms with Crippen molar-refractivity contribution in [2.45, 2.75) is 13.5 Å². The van der Waals surface area contributed by atoms with Gasteiger partial charge in [0.25, 0.3) is 5.89 Å². The Morgan fingerprint density at radius 3 is 2.72 bits per heavy atom. The summed E-state index contributed by atoms with van der Waals surface area (Å²) < 4.78 is 11.7. The van der Waals surface area contributed by atoms with E-state index in [0.29, 0.717) is 28.5 Å². The van der Waals surface area contributed by atoms with Gasteiger partial charge in [-0.05, 0) is 48.2 Å². The molecule has 3 aromatic heterocycles. The number of nitrogens with one attached hydrogen (secondary N) is 1. The number of furan rings is 1. The van der Waals surface area contributed by atoms with E-state index in [4.69, 9.17) is 8.94 Å². The number of nitro groups is 1. The first-order chi connectivity index (χ1) is 14.0. The zero-order valence-electron chi connectivity index (χ0n) is 15.1. The van der Waals surface area contributed by atoms with Crippen molar-refractivity contribution in [3.8, 4) is 23.0 Å². The maximum absolute atomic E-state index is 12.2. The molecular formula is C18H14N6O5. The smallest absolute Gasteiger partial charge is 0.390 e. The maximum atomic E-state index is 12.2. The monoisotopic (exact) mass is 394 g/mol. The molecule has 0 aliphatic heterocycles. The highest BCUT2D eigenvalue weighted by atomic mass is 16.6. The van der Waals surface area contributed by atoms with Crippen molar-refractivity contribution >= 4 is 17.4 Å². The summed E-state index contributed by atoms with van der Waals surface area (Å²) in [7, 11) is 0. The minimum absolute atomic E-state index is 0.140. The predicted molar refractivity (Wildman–Crippen MR) is 99.7 cm³/mol. The molecule has 1 aromatic carbocycles. The quantitative estimate of drug-likeness (QED) is 0.388. The van der Waals surface area contributed by atoms with Gasteiger partial charge in [-0.15, -0.1) is 0 Å². The van der Waals surface area contributed by atoms with Gasteiger partial charge in [0.1, 0.15) is 6.54 Å². The van der Waals surface area contributed by atoms with Gasteiger partial charge in [0.15, 0.2) is 5.76 Å². The van der Waals surface area contributed by atoms with Crippen molar-refractivity contribution in [1.82, 2.24) is 19.9 Å². The van der Waals surface area contributed by atoms with Crippen LogP contribution >= 0.6 is 0 Å². The highest BCUT2D eigenvalue weighted by Crippen LogP contribution is 2.23. The second-order valence-electron chi connectivity index (χ2n) is 6.08. The van der Waals surface area contributed by atoms with Crippen molar-refractivity contribution in [2.75, 3.05) is 5.32 Å². The zero-order valence-corrected chi connectivity index (χ0v) is 15.1. The zero-order chi connectivity index (χ0) is 20.4. The molecule has 0 aliphatic rings. The van der Waals surface area contributed by atoms with E-state index < -0.39 is 4.92 Å². The average Bonchev–Trinajstić information content (AvgIpc) is 3.43. The number of hydrogen-bond donors (Lipinski definition) is 1. The molecule has 11 nitrogen and oxygen atoms in total. The van der Waals surface area contributed by atoms with Gasteiger partial charge < -0.3 is 24.4 Å². The van der Waals surface area contributed by atoms with Crippen molar-refractivity contribution in [2.24, 2.45) is 0 Å². The Balaban J connectivity index is 1.42. The third-order valence-corrected chi connectivity index (χ3v) is 4.03. The molecule has 4 rings (SSSR count). The van der Waals surface area contributed by atoms with E-state index in [0.717, 1.165) is 0 Å². The number of carbonyl (C=O) groups excluding carboxylic acids is 1. The first-order valence-corrected chi connectivity index (χ1v) is 8.46. The van der Waals surface area contributed by atoms with E-state index in [2.05, 4.69) is 20.6 Å². The van der Waals surface area contributed by atoms with Crippen molar-refractivity contribution in [3.63, 3.8) is 0 Å². The molecule has 1 N–H and O–H groups in total. The Hall–Kier alpha value is -4.28. The van der Waals surface area contributed by atoms with E-state index >= 15 is 0 Å². The van der Waals surface area contributed by atoms with E-state index in [9.17, 15) is 14.9 Å².